The van der Waals surface area contributed by atoms with E-state index in [0.29, 0.717) is 28.7 Å². The van der Waals surface area contributed by atoms with E-state index >= 15 is 0 Å². The summed E-state index contributed by atoms with van der Waals surface area (Å²) in [7, 11) is 1.65. The number of hydrogen-bond donors (Lipinski definition) is 0. The normalized spacial score (nSPS) is 24.4. The highest BCUT2D eigenvalue weighted by molar-refractivity contribution is 5.69. The molecule has 6 rings (SSSR count). The van der Waals surface area contributed by atoms with Gasteiger partial charge in [0.05, 0.1) is 7.11 Å². The smallest absolute Gasteiger partial charge is 0.496 e. The van der Waals surface area contributed by atoms with Crippen LogP contribution in [0.4, 0.5) is 14.9 Å². The van der Waals surface area contributed by atoms with Gasteiger partial charge in [-0.2, -0.15) is 0 Å². The molecule has 0 aromatic heterocycles. The Hall–Kier alpha value is -3.51. The molecule has 0 aliphatic heterocycles. The zero-order valence-electron chi connectivity index (χ0n) is 18.9. The minimum Gasteiger partial charge on any atom is -0.496 e. The maximum absolute atomic E-state index is 14.5. The lowest BCUT2D eigenvalue weighted by Crippen LogP contribution is -2.40. The second-order valence-corrected chi connectivity index (χ2v) is 9.43. The number of carbonyl (C=O) groups excluding carboxylic acids is 1. The van der Waals surface area contributed by atoms with Crippen molar-refractivity contribution in [1.82, 2.24) is 0 Å². The van der Waals surface area contributed by atoms with Crippen molar-refractivity contribution in [2.45, 2.75) is 38.7 Å². The number of carbonyl (C=O) groups is 1. The SMILES string of the molecule is COC(=C1C2CC3CC(C2)CC1C3)c1ccc(F)c(OC(=O)OCc2ccc(N=[N+]=[N-])cc2)c1. The Morgan fingerprint density at radius 3 is 2.35 bits per heavy atom. The summed E-state index contributed by atoms with van der Waals surface area (Å²) in [5.74, 6) is 2.63. The summed E-state index contributed by atoms with van der Waals surface area (Å²) in [4.78, 5) is 15.0. The van der Waals surface area contributed by atoms with E-state index in [1.807, 2.05) is 0 Å². The van der Waals surface area contributed by atoms with Crippen molar-refractivity contribution in [2.75, 3.05) is 7.11 Å². The number of allylic oxidation sites excluding steroid dienone is 1. The molecular formula is C26H26FN3O4. The van der Waals surface area contributed by atoms with E-state index in [0.717, 1.165) is 17.6 Å². The van der Waals surface area contributed by atoms with E-state index in [9.17, 15) is 9.18 Å². The number of halogens is 1. The lowest BCUT2D eigenvalue weighted by Gasteiger charge is -2.51. The Balaban J connectivity index is 1.30. The van der Waals surface area contributed by atoms with E-state index in [-0.39, 0.29) is 12.4 Å². The predicted octanol–water partition coefficient (Wildman–Crippen LogP) is 7.30. The second kappa shape index (κ2) is 9.39. The molecule has 2 aromatic carbocycles. The van der Waals surface area contributed by atoms with Gasteiger partial charge in [-0.1, -0.05) is 29.4 Å². The molecule has 7 nitrogen and oxygen atoms in total. The summed E-state index contributed by atoms with van der Waals surface area (Å²) in [6, 6.07) is 11.0. The first-order valence-corrected chi connectivity index (χ1v) is 11.6. The summed E-state index contributed by atoms with van der Waals surface area (Å²) >= 11 is 0. The van der Waals surface area contributed by atoms with E-state index in [2.05, 4.69) is 10.0 Å². The summed E-state index contributed by atoms with van der Waals surface area (Å²) in [6.45, 7) is -0.0598. The predicted molar refractivity (Wildman–Crippen MR) is 123 cm³/mol. The third-order valence-electron chi connectivity index (χ3n) is 7.32. The molecule has 2 aromatic rings. The maximum Gasteiger partial charge on any atom is 0.514 e. The molecule has 4 saturated carbocycles. The molecule has 0 saturated heterocycles. The van der Waals surface area contributed by atoms with Gasteiger partial charge in [0.1, 0.15) is 12.4 Å². The highest BCUT2D eigenvalue weighted by Crippen LogP contribution is 2.58. The zero-order chi connectivity index (χ0) is 23.7. The Labute approximate surface area is 197 Å². The van der Waals surface area contributed by atoms with Crippen LogP contribution < -0.4 is 4.74 Å². The van der Waals surface area contributed by atoms with Crippen LogP contribution in [0.2, 0.25) is 0 Å². The maximum atomic E-state index is 14.5. The Kier molecular flexibility index (Phi) is 6.16. The fourth-order valence-corrected chi connectivity index (χ4v) is 6.16. The van der Waals surface area contributed by atoms with Crippen molar-refractivity contribution in [3.05, 3.63) is 75.4 Å². The lowest BCUT2D eigenvalue weighted by atomic mass is 9.54. The number of azide groups is 1. The quantitative estimate of drug-likeness (QED) is 0.112. The van der Waals surface area contributed by atoms with Crippen LogP contribution in [0.15, 0.2) is 53.2 Å². The third kappa shape index (κ3) is 4.46. The van der Waals surface area contributed by atoms with Gasteiger partial charge in [-0.3, -0.25) is 0 Å². The topological polar surface area (TPSA) is 93.5 Å². The van der Waals surface area contributed by atoms with Crippen molar-refractivity contribution in [3.8, 4) is 5.75 Å². The first kappa shape index (κ1) is 22.3. The van der Waals surface area contributed by atoms with Gasteiger partial charge in [-0.05, 0) is 90.6 Å². The first-order valence-electron chi connectivity index (χ1n) is 11.6. The van der Waals surface area contributed by atoms with Gasteiger partial charge < -0.3 is 14.2 Å². The van der Waals surface area contributed by atoms with Crippen LogP contribution >= 0.6 is 0 Å². The van der Waals surface area contributed by atoms with E-state index in [4.69, 9.17) is 19.7 Å². The van der Waals surface area contributed by atoms with Gasteiger partial charge in [-0.25, -0.2) is 9.18 Å². The van der Waals surface area contributed by atoms with Crippen LogP contribution in [0.3, 0.4) is 0 Å². The van der Waals surface area contributed by atoms with Crippen molar-refractivity contribution in [3.63, 3.8) is 0 Å². The molecule has 0 unspecified atom stereocenters. The van der Waals surface area contributed by atoms with Gasteiger partial charge in [-0.15, -0.1) is 0 Å². The van der Waals surface area contributed by atoms with Gasteiger partial charge in [0.15, 0.2) is 11.6 Å². The van der Waals surface area contributed by atoms with Crippen LogP contribution in [0, 0.1) is 29.5 Å². The van der Waals surface area contributed by atoms with Gasteiger partial charge in [0.25, 0.3) is 0 Å². The number of benzene rings is 2. The fourth-order valence-electron chi connectivity index (χ4n) is 6.16. The van der Waals surface area contributed by atoms with Crippen LogP contribution in [-0.2, 0) is 16.1 Å². The van der Waals surface area contributed by atoms with E-state index < -0.39 is 12.0 Å². The molecule has 4 bridgehead atoms. The number of methoxy groups -OCH3 is 1. The number of rotatable bonds is 6. The molecule has 0 amide bonds. The average molecular weight is 464 g/mol. The minimum absolute atomic E-state index is 0.0598. The van der Waals surface area contributed by atoms with Gasteiger partial charge in [0, 0.05) is 16.2 Å². The molecule has 34 heavy (non-hydrogen) atoms. The molecule has 4 aliphatic carbocycles. The zero-order valence-corrected chi connectivity index (χ0v) is 18.9. The third-order valence-corrected chi connectivity index (χ3v) is 7.32. The summed E-state index contributed by atoms with van der Waals surface area (Å²) in [5, 5.41) is 3.49. The van der Waals surface area contributed by atoms with Crippen LogP contribution in [0.1, 0.15) is 43.2 Å². The Bertz CT molecular complexity index is 1140. The lowest BCUT2D eigenvalue weighted by molar-refractivity contribution is 0.0675. The standard InChI is InChI=1S/C26H26FN3O4/c1-32-25(24-19-9-16-8-17(11-19)12-20(24)10-16)18-4-7-22(27)23(13-18)34-26(31)33-14-15-2-5-21(6-3-15)29-30-28/h2-7,13,16-17,19-20H,8-12,14H2,1H3. The average Bonchev–Trinajstić information content (AvgIpc) is 2.82. The van der Waals surface area contributed by atoms with Crippen LogP contribution in [-0.4, -0.2) is 13.3 Å². The Morgan fingerprint density at radius 1 is 1.06 bits per heavy atom. The van der Waals surface area contributed by atoms with Crippen molar-refractivity contribution in [2.24, 2.45) is 28.8 Å². The van der Waals surface area contributed by atoms with E-state index in [1.165, 1.54) is 49.8 Å². The van der Waals surface area contributed by atoms with Crippen molar-refractivity contribution < 1.29 is 23.4 Å². The highest BCUT2D eigenvalue weighted by Gasteiger charge is 2.46. The summed E-state index contributed by atoms with van der Waals surface area (Å²) in [5.41, 5.74) is 11.6. The van der Waals surface area contributed by atoms with Gasteiger partial charge >= 0.3 is 6.16 Å². The summed E-state index contributed by atoms with van der Waals surface area (Å²) < 4.78 is 30.6. The van der Waals surface area contributed by atoms with E-state index in [1.54, 1.807) is 37.4 Å². The molecule has 176 valence electrons. The molecule has 8 heteroatoms. The number of ether oxygens (including phenoxy) is 3. The minimum atomic E-state index is -1.00. The second-order valence-electron chi connectivity index (χ2n) is 9.43. The molecule has 0 spiro atoms. The first-order chi connectivity index (χ1) is 16.5. The molecule has 4 fully saturated rings. The molecule has 4 aliphatic rings. The Morgan fingerprint density at radius 2 is 1.74 bits per heavy atom. The highest BCUT2D eigenvalue weighted by atomic mass is 19.1. The van der Waals surface area contributed by atoms with Crippen LogP contribution in [0.25, 0.3) is 16.2 Å². The van der Waals surface area contributed by atoms with Crippen molar-refractivity contribution >= 4 is 17.6 Å². The van der Waals surface area contributed by atoms with Crippen molar-refractivity contribution in [1.29, 1.82) is 0 Å². The largest absolute Gasteiger partial charge is 0.514 e. The molecular weight excluding hydrogens is 437 g/mol. The number of nitrogens with zero attached hydrogens (tertiary/aromatic N) is 3. The molecule has 0 atom stereocenters. The molecule has 0 N–H and O–H groups in total. The monoisotopic (exact) mass is 463 g/mol. The number of hydrogen-bond acceptors (Lipinski definition) is 5. The summed E-state index contributed by atoms with van der Waals surface area (Å²) in [6.07, 6.45) is 5.17. The van der Waals surface area contributed by atoms with Crippen LogP contribution in [0.5, 0.6) is 5.75 Å². The molecule has 0 heterocycles. The fraction of sp³-hybridized carbons (Fsp3) is 0.423. The van der Waals surface area contributed by atoms with Gasteiger partial charge in [0.2, 0.25) is 0 Å². The molecule has 0 radical (unpaired) electrons.